The Morgan fingerprint density at radius 1 is 0.500 bits per heavy atom. The van der Waals surface area contributed by atoms with E-state index < -0.39 is 16.1 Å². The molecule has 0 saturated heterocycles. The lowest BCUT2D eigenvalue weighted by atomic mass is 10.2. The molecule has 0 heterocycles. The Hall–Kier alpha value is 0.174. The van der Waals surface area contributed by atoms with E-state index in [9.17, 15) is 0 Å². The second kappa shape index (κ2) is 9.24. The van der Waals surface area contributed by atoms with Gasteiger partial charge >= 0.3 is 0 Å². The highest BCUT2D eigenvalue weighted by molar-refractivity contribution is 6.81. The highest BCUT2D eigenvalue weighted by atomic mass is 28.3. The monoisotopic (exact) mass is 312 g/mol. The van der Waals surface area contributed by atoms with Gasteiger partial charge in [-0.15, -0.1) is 0 Å². The van der Waals surface area contributed by atoms with E-state index in [1.54, 1.807) is 11.1 Å². The summed E-state index contributed by atoms with van der Waals surface area (Å²) in [6, 6.07) is 11.7. The van der Waals surface area contributed by atoms with E-state index in [4.69, 9.17) is 0 Å². The van der Waals surface area contributed by atoms with Crippen molar-refractivity contribution in [3.8, 4) is 0 Å². The van der Waals surface area contributed by atoms with Gasteiger partial charge in [-0.25, -0.2) is 0 Å². The van der Waals surface area contributed by atoms with E-state index >= 15 is 0 Å². The van der Waals surface area contributed by atoms with Crippen molar-refractivity contribution in [3.05, 3.63) is 11.1 Å². The SMILES string of the molecule is CC[Si](CC)(CC)C/C(C)=C(\C)C[Si](CC)(CC)CC. The van der Waals surface area contributed by atoms with Crippen LogP contribution in [0.15, 0.2) is 11.1 Å². The van der Waals surface area contributed by atoms with Gasteiger partial charge in [-0.05, 0) is 25.9 Å². The Morgan fingerprint density at radius 3 is 0.850 bits per heavy atom. The fourth-order valence-electron chi connectivity index (χ4n) is 3.68. The van der Waals surface area contributed by atoms with Crippen LogP contribution >= 0.6 is 0 Å². The minimum atomic E-state index is -0.992. The standard InChI is InChI=1S/C18H40Si2/c1-9-19(10-2,11-3)15-17(7)18(8)16-20(12-4,13-5)14-6/h9-16H2,1-8H3/b18-17+. The summed E-state index contributed by atoms with van der Waals surface area (Å²) in [5, 5.41) is 0. The Balaban J connectivity index is 5.07. The number of rotatable bonds is 10. The van der Waals surface area contributed by atoms with E-state index in [2.05, 4.69) is 55.4 Å². The zero-order chi connectivity index (χ0) is 15.8. The van der Waals surface area contributed by atoms with Gasteiger partial charge in [0.15, 0.2) is 0 Å². The average molecular weight is 313 g/mol. The fourth-order valence-corrected chi connectivity index (χ4v) is 11.0. The first-order chi connectivity index (χ1) is 9.38. The molecule has 0 unspecified atom stereocenters. The molecule has 2 heteroatoms. The highest BCUT2D eigenvalue weighted by Crippen LogP contribution is 2.34. The summed E-state index contributed by atoms with van der Waals surface area (Å²) in [7, 11) is -1.98. The summed E-state index contributed by atoms with van der Waals surface area (Å²) in [4.78, 5) is 0. The van der Waals surface area contributed by atoms with Gasteiger partial charge in [-0.3, -0.25) is 0 Å². The summed E-state index contributed by atoms with van der Waals surface area (Å²) in [5.74, 6) is 0. The van der Waals surface area contributed by atoms with Crippen molar-refractivity contribution >= 4 is 16.1 Å². The van der Waals surface area contributed by atoms with Crippen LogP contribution in [0, 0.1) is 0 Å². The van der Waals surface area contributed by atoms with Crippen molar-refractivity contribution in [2.24, 2.45) is 0 Å². The first kappa shape index (κ1) is 20.2. The highest BCUT2D eigenvalue weighted by Gasteiger charge is 2.30. The lowest BCUT2D eigenvalue weighted by Gasteiger charge is -2.32. The predicted octanol–water partition coefficient (Wildman–Crippen LogP) is 7.34. The molecule has 0 atom stereocenters. The summed E-state index contributed by atoms with van der Waals surface area (Å²) in [6.07, 6.45) is 0. The third-order valence-electron chi connectivity index (χ3n) is 6.51. The lowest BCUT2D eigenvalue weighted by Crippen LogP contribution is -2.33. The molecule has 0 aromatic heterocycles. The van der Waals surface area contributed by atoms with Gasteiger partial charge < -0.3 is 0 Å². The van der Waals surface area contributed by atoms with Crippen molar-refractivity contribution < 1.29 is 0 Å². The summed E-state index contributed by atoms with van der Waals surface area (Å²) < 4.78 is 0. The summed E-state index contributed by atoms with van der Waals surface area (Å²) in [6.45, 7) is 19.5. The van der Waals surface area contributed by atoms with E-state index in [1.165, 1.54) is 48.4 Å². The first-order valence-electron chi connectivity index (χ1n) is 9.03. The predicted molar refractivity (Wildman–Crippen MR) is 102 cm³/mol. The van der Waals surface area contributed by atoms with Crippen molar-refractivity contribution in [1.29, 1.82) is 0 Å². The zero-order valence-electron chi connectivity index (χ0n) is 15.7. The molecule has 120 valence electrons. The molecular weight excluding hydrogens is 272 g/mol. The Morgan fingerprint density at radius 2 is 0.700 bits per heavy atom. The van der Waals surface area contributed by atoms with E-state index in [-0.39, 0.29) is 0 Å². The molecule has 0 aliphatic rings. The average Bonchev–Trinajstić information content (AvgIpc) is 2.50. The van der Waals surface area contributed by atoms with Crippen LogP contribution in [0.4, 0.5) is 0 Å². The fraction of sp³-hybridized carbons (Fsp3) is 0.889. The van der Waals surface area contributed by atoms with Crippen LogP contribution in [-0.2, 0) is 0 Å². The minimum absolute atomic E-state index is 0.992. The van der Waals surface area contributed by atoms with Crippen LogP contribution in [0.3, 0.4) is 0 Å². The molecule has 0 nitrogen and oxygen atoms in total. The molecule has 0 aliphatic heterocycles. The van der Waals surface area contributed by atoms with Crippen molar-refractivity contribution in [2.45, 2.75) is 104 Å². The Labute approximate surface area is 131 Å². The number of hydrogen-bond donors (Lipinski definition) is 0. The van der Waals surface area contributed by atoms with Gasteiger partial charge in [0, 0.05) is 0 Å². The van der Waals surface area contributed by atoms with Crippen molar-refractivity contribution in [3.63, 3.8) is 0 Å². The Bertz CT molecular complexity index is 250. The maximum Gasteiger partial charge on any atom is 0.0567 e. The van der Waals surface area contributed by atoms with Gasteiger partial charge in [0.25, 0.3) is 0 Å². The van der Waals surface area contributed by atoms with Crippen LogP contribution in [0.2, 0.25) is 48.4 Å². The van der Waals surface area contributed by atoms with Crippen LogP contribution in [0.5, 0.6) is 0 Å². The van der Waals surface area contributed by atoms with Crippen molar-refractivity contribution in [2.75, 3.05) is 0 Å². The summed E-state index contributed by atoms with van der Waals surface area (Å²) in [5.41, 5.74) is 3.52. The van der Waals surface area contributed by atoms with Crippen molar-refractivity contribution in [1.82, 2.24) is 0 Å². The quantitative estimate of drug-likeness (QED) is 0.292. The smallest absolute Gasteiger partial charge is 0.0567 e. The zero-order valence-corrected chi connectivity index (χ0v) is 17.7. The largest absolute Gasteiger partial charge is 0.0773 e. The van der Waals surface area contributed by atoms with Gasteiger partial charge in [0.2, 0.25) is 0 Å². The maximum absolute atomic E-state index is 2.44. The molecular formula is C18H40Si2. The lowest BCUT2D eigenvalue weighted by molar-refractivity contribution is 1.06. The summed E-state index contributed by atoms with van der Waals surface area (Å²) >= 11 is 0. The topological polar surface area (TPSA) is 0 Å². The van der Waals surface area contributed by atoms with Crippen LogP contribution < -0.4 is 0 Å². The number of hydrogen-bond acceptors (Lipinski definition) is 0. The van der Waals surface area contributed by atoms with E-state index in [0.29, 0.717) is 0 Å². The van der Waals surface area contributed by atoms with Gasteiger partial charge in [0.05, 0.1) is 16.1 Å². The molecule has 0 amide bonds. The third-order valence-corrected chi connectivity index (χ3v) is 18.1. The Kier molecular flexibility index (Phi) is 9.32. The molecule has 0 aliphatic carbocycles. The van der Waals surface area contributed by atoms with Crippen LogP contribution in [0.1, 0.15) is 55.4 Å². The molecule has 0 N–H and O–H groups in total. The van der Waals surface area contributed by atoms with Crippen LogP contribution in [0.25, 0.3) is 0 Å². The normalized spacial score (nSPS) is 14.4. The second-order valence-corrected chi connectivity index (χ2v) is 18.0. The van der Waals surface area contributed by atoms with Gasteiger partial charge in [0.1, 0.15) is 0 Å². The molecule has 0 rings (SSSR count). The third kappa shape index (κ3) is 5.18. The molecule has 0 aromatic carbocycles. The minimum Gasteiger partial charge on any atom is -0.0773 e. The molecule has 0 saturated carbocycles. The molecule has 0 spiro atoms. The van der Waals surface area contributed by atoms with Crippen LogP contribution in [-0.4, -0.2) is 16.1 Å². The first-order valence-corrected chi connectivity index (χ1v) is 14.7. The van der Waals surface area contributed by atoms with E-state index in [1.807, 2.05) is 0 Å². The van der Waals surface area contributed by atoms with Gasteiger partial charge in [-0.2, -0.15) is 0 Å². The van der Waals surface area contributed by atoms with E-state index in [0.717, 1.165) is 0 Å². The molecule has 0 radical (unpaired) electrons. The van der Waals surface area contributed by atoms with Gasteiger partial charge in [-0.1, -0.05) is 89.0 Å². The molecule has 0 bridgehead atoms. The molecule has 20 heavy (non-hydrogen) atoms. The maximum atomic E-state index is 2.44. The second-order valence-electron chi connectivity index (χ2n) is 7.04. The molecule has 0 fully saturated rings. The molecule has 0 aromatic rings. The number of allylic oxidation sites excluding steroid dienone is 2.